The number of para-hydroxylation sites is 1. The van der Waals surface area contributed by atoms with Crippen LogP contribution in [0.3, 0.4) is 0 Å². The zero-order valence-corrected chi connectivity index (χ0v) is 13.7. The van der Waals surface area contributed by atoms with Crippen LogP contribution in [0.2, 0.25) is 0 Å². The van der Waals surface area contributed by atoms with Crippen molar-refractivity contribution in [2.45, 2.75) is 25.5 Å². The van der Waals surface area contributed by atoms with Crippen molar-refractivity contribution in [1.29, 1.82) is 0 Å². The highest BCUT2D eigenvalue weighted by molar-refractivity contribution is 7.09. The molecule has 23 heavy (non-hydrogen) atoms. The molecule has 0 radical (unpaired) electrons. The second-order valence-corrected chi connectivity index (χ2v) is 6.84. The van der Waals surface area contributed by atoms with E-state index in [1.807, 2.05) is 18.2 Å². The smallest absolute Gasteiger partial charge is 0.140 e. The molecule has 0 N–H and O–H groups in total. The molecule has 2 aromatic heterocycles. The molecular weight excluding hydrogens is 306 g/mol. The van der Waals surface area contributed by atoms with Crippen molar-refractivity contribution in [2.75, 3.05) is 18.1 Å². The highest BCUT2D eigenvalue weighted by Gasteiger charge is 2.22. The molecule has 4 rings (SSSR count). The fourth-order valence-electron chi connectivity index (χ4n) is 3.09. The van der Waals surface area contributed by atoms with E-state index < -0.39 is 0 Å². The number of thiophene rings is 1. The van der Waals surface area contributed by atoms with E-state index >= 15 is 0 Å². The van der Waals surface area contributed by atoms with Crippen molar-refractivity contribution in [2.24, 2.45) is 0 Å². The van der Waals surface area contributed by atoms with Crippen LogP contribution in [0.15, 0.2) is 48.1 Å². The normalized spacial score (nSPS) is 17.7. The number of ether oxygens (including phenoxy) is 1. The zero-order valence-electron chi connectivity index (χ0n) is 12.9. The summed E-state index contributed by atoms with van der Waals surface area (Å²) in [6, 6.07) is 12.5. The minimum Gasteiger partial charge on any atom is -0.376 e. The summed E-state index contributed by atoms with van der Waals surface area (Å²) in [5.41, 5.74) is 0.987. The molecular formula is C18H19N3OS. The molecule has 1 fully saturated rings. The first-order valence-corrected chi connectivity index (χ1v) is 8.87. The van der Waals surface area contributed by atoms with Crippen LogP contribution in [-0.2, 0) is 11.3 Å². The van der Waals surface area contributed by atoms with Gasteiger partial charge in [-0.1, -0.05) is 18.2 Å². The minimum absolute atomic E-state index is 0.295. The van der Waals surface area contributed by atoms with Gasteiger partial charge in [-0.3, -0.25) is 0 Å². The Morgan fingerprint density at radius 2 is 2.13 bits per heavy atom. The molecule has 118 valence electrons. The average Bonchev–Trinajstić information content (AvgIpc) is 3.28. The molecule has 0 bridgehead atoms. The van der Waals surface area contributed by atoms with E-state index in [2.05, 4.69) is 38.4 Å². The molecule has 1 aromatic carbocycles. The second-order valence-electron chi connectivity index (χ2n) is 5.81. The first kappa shape index (κ1) is 14.6. The third-order valence-corrected chi connectivity index (χ3v) is 5.06. The molecule has 0 saturated carbocycles. The lowest BCUT2D eigenvalue weighted by Crippen LogP contribution is -2.32. The maximum absolute atomic E-state index is 5.85. The Morgan fingerprint density at radius 3 is 2.96 bits per heavy atom. The van der Waals surface area contributed by atoms with Gasteiger partial charge in [0.25, 0.3) is 0 Å². The average molecular weight is 325 g/mol. The second kappa shape index (κ2) is 6.64. The van der Waals surface area contributed by atoms with Crippen LogP contribution in [0.5, 0.6) is 0 Å². The van der Waals surface area contributed by atoms with Gasteiger partial charge in [0.1, 0.15) is 12.1 Å². The number of rotatable bonds is 5. The maximum atomic E-state index is 5.85. The first-order valence-electron chi connectivity index (χ1n) is 7.99. The lowest BCUT2D eigenvalue weighted by molar-refractivity contribution is 0.115. The van der Waals surface area contributed by atoms with E-state index in [-0.39, 0.29) is 0 Å². The van der Waals surface area contributed by atoms with Gasteiger partial charge in [0, 0.05) is 23.4 Å². The van der Waals surface area contributed by atoms with Crippen molar-refractivity contribution in [3.8, 4) is 0 Å². The predicted molar refractivity (Wildman–Crippen MR) is 93.9 cm³/mol. The summed E-state index contributed by atoms with van der Waals surface area (Å²) >= 11 is 1.78. The van der Waals surface area contributed by atoms with E-state index in [9.17, 15) is 0 Å². The van der Waals surface area contributed by atoms with Crippen molar-refractivity contribution in [3.63, 3.8) is 0 Å². The predicted octanol–water partition coefficient (Wildman–Crippen LogP) is 3.88. The summed E-state index contributed by atoms with van der Waals surface area (Å²) in [5.74, 6) is 1.000. The van der Waals surface area contributed by atoms with Crippen LogP contribution >= 0.6 is 11.3 Å². The first-order chi connectivity index (χ1) is 11.4. The molecule has 0 aliphatic carbocycles. The molecule has 3 aromatic rings. The quantitative estimate of drug-likeness (QED) is 0.713. The lowest BCUT2D eigenvalue weighted by Gasteiger charge is -2.26. The summed E-state index contributed by atoms with van der Waals surface area (Å²) < 4.78 is 5.85. The van der Waals surface area contributed by atoms with Gasteiger partial charge in [0.2, 0.25) is 0 Å². The number of nitrogens with zero attached hydrogens (tertiary/aromatic N) is 3. The van der Waals surface area contributed by atoms with E-state index in [0.29, 0.717) is 6.10 Å². The zero-order chi connectivity index (χ0) is 15.5. The third-order valence-electron chi connectivity index (χ3n) is 4.20. The lowest BCUT2D eigenvalue weighted by atomic mass is 10.2. The number of hydrogen-bond acceptors (Lipinski definition) is 5. The molecule has 1 saturated heterocycles. The van der Waals surface area contributed by atoms with Crippen molar-refractivity contribution >= 4 is 28.1 Å². The van der Waals surface area contributed by atoms with Gasteiger partial charge in [0.15, 0.2) is 0 Å². The van der Waals surface area contributed by atoms with E-state index in [0.717, 1.165) is 49.3 Å². The molecule has 1 aliphatic heterocycles. The van der Waals surface area contributed by atoms with Gasteiger partial charge in [-0.15, -0.1) is 11.3 Å². The largest absolute Gasteiger partial charge is 0.376 e. The molecule has 1 atom stereocenters. The summed E-state index contributed by atoms with van der Waals surface area (Å²) in [6.45, 7) is 2.61. The molecule has 1 aliphatic rings. The Morgan fingerprint density at radius 1 is 1.17 bits per heavy atom. The summed E-state index contributed by atoms with van der Waals surface area (Å²) in [5, 5.41) is 3.22. The number of benzene rings is 1. The maximum Gasteiger partial charge on any atom is 0.140 e. The molecule has 4 nitrogen and oxygen atoms in total. The van der Waals surface area contributed by atoms with Crippen molar-refractivity contribution in [3.05, 3.63) is 53.0 Å². The fraction of sp³-hybridized carbons (Fsp3) is 0.333. The topological polar surface area (TPSA) is 38.2 Å². The Labute approximate surface area is 139 Å². The highest BCUT2D eigenvalue weighted by Crippen LogP contribution is 2.27. The summed E-state index contributed by atoms with van der Waals surface area (Å²) in [4.78, 5) is 12.7. The van der Waals surface area contributed by atoms with Crippen LogP contribution < -0.4 is 4.90 Å². The van der Waals surface area contributed by atoms with Gasteiger partial charge >= 0.3 is 0 Å². The van der Waals surface area contributed by atoms with Crippen molar-refractivity contribution in [1.82, 2.24) is 9.97 Å². The Kier molecular flexibility index (Phi) is 4.22. The van der Waals surface area contributed by atoms with Gasteiger partial charge in [0.05, 0.1) is 18.2 Å². The van der Waals surface area contributed by atoms with Crippen molar-refractivity contribution < 1.29 is 4.74 Å². The molecule has 0 spiro atoms. The standard InChI is InChI=1S/C18H19N3OS/c1-2-8-17-16(7-1)18(20-13-19-17)21(11-14-5-3-9-22-14)12-15-6-4-10-23-15/h1-2,4,6-8,10,13-14H,3,5,9,11-12H2. The number of anilines is 1. The number of aromatic nitrogens is 2. The van der Waals surface area contributed by atoms with Crippen LogP contribution in [0.25, 0.3) is 10.9 Å². The van der Waals surface area contributed by atoms with Gasteiger partial charge in [-0.05, 0) is 36.4 Å². The SMILES string of the molecule is c1csc(CN(CC2CCCO2)c2ncnc3ccccc23)c1. The third kappa shape index (κ3) is 3.21. The van der Waals surface area contributed by atoms with E-state index in [4.69, 9.17) is 4.74 Å². The molecule has 5 heteroatoms. The van der Waals surface area contributed by atoms with Crippen LogP contribution in [0.1, 0.15) is 17.7 Å². The van der Waals surface area contributed by atoms with Gasteiger partial charge < -0.3 is 9.64 Å². The molecule has 0 amide bonds. The van der Waals surface area contributed by atoms with Crippen LogP contribution in [0, 0.1) is 0 Å². The highest BCUT2D eigenvalue weighted by atomic mass is 32.1. The minimum atomic E-state index is 0.295. The number of hydrogen-bond donors (Lipinski definition) is 0. The summed E-state index contributed by atoms with van der Waals surface area (Å²) in [6.07, 6.45) is 4.24. The van der Waals surface area contributed by atoms with E-state index in [1.165, 1.54) is 4.88 Å². The Hall–Kier alpha value is -1.98. The van der Waals surface area contributed by atoms with Gasteiger partial charge in [-0.25, -0.2) is 9.97 Å². The monoisotopic (exact) mass is 325 g/mol. The van der Waals surface area contributed by atoms with Gasteiger partial charge in [-0.2, -0.15) is 0 Å². The van der Waals surface area contributed by atoms with Crippen LogP contribution in [0.4, 0.5) is 5.82 Å². The Balaban J connectivity index is 1.70. The molecule has 3 heterocycles. The molecule has 1 unspecified atom stereocenters. The Bertz CT molecular complexity index is 764. The summed E-state index contributed by atoms with van der Waals surface area (Å²) in [7, 11) is 0. The van der Waals surface area contributed by atoms with Crippen LogP contribution in [-0.4, -0.2) is 29.2 Å². The van der Waals surface area contributed by atoms with E-state index in [1.54, 1.807) is 17.7 Å². The number of fused-ring (bicyclic) bond motifs is 1. The fourth-order valence-corrected chi connectivity index (χ4v) is 3.81.